The molecule has 1 aromatic carbocycles. The van der Waals surface area contributed by atoms with Crippen molar-refractivity contribution in [2.75, 3.05) is 14.1 Å². The maximum Gasteiger partial charge on any atom is 0.238 e. The van der Waals surface area contributed by atoms with Gasteiger partial charge in [-0.15, -0.1) is 0 Å². The molecule has 2 rings (SSSR count). The second kappa shape index (κ2) is 6.71. The number of hydrogen-bond donors (Lipinski definition) is 1. The maximum absolute atomic E-state index is 11.7. The Balaban J connectivity index is 1.92. The highest BCUT2D eigenvalue weighted by atomic mass is 16.2. The van der Waals surface area contributed by atoms with Crippen molar-refractivity contribution in [3.63, 3.8) is 0 Å². The number of hydrogen-bond acceptors (Lipinski definition) is 2. The molecule has 104 valence electrons. The molecule has 3 heteroatoms. The summed E-state index contributed by atoms with van der Waals surface area (Å²) in [5.41, 5.74) is 5.29. The lowest BCUT2D eigenvalue weighted by Gasteiger charge is -2.22. The fraction of sp³-hybridized carbons (Fsp3) is 0.562. The van der Waals surface area contributed by atoms with Crippen molar-refractivity contribution in [3.8, 4) is 0 Å². The molecule has 1 aromatic rings. The quantitative estimate of drug-likeness (QED) is 0.844. The average Bonchev–Trinajstić information content (AvgIpc) is 2.39. The van der Waals surface area contributed by atoms with Crippen molar-refractivity contribution in [2.45, 2.75) is 44.4 Å². The summed E-state index contributed by atoms with van der Waals surface area (Å²) in [7, 11) is 3.65. The minimum Gasteiger partial charge on any atom is -0.289 e. The SMILES string of the molecule is CN(C)NC(=O)Cc1ccc(C2CCCCC2)cc1. The van der Waals surface area contributed by atoms with Crippen LogP contribution in [0.2, 0.25) is 0 Å². The smallest absolute Gasteiger partial charge is 0.238 e. The molecule has 3 nitrogen and oxygen atoms in total. The molecule has 0 saturated heterocycles. The van der Waals surface area contributed by atoms with E-state index < -0.39 is 0 Å². The standard InChI is InChI=1S/C16H24N2O/c1-18(2)17-16(19)12-13-8-10-15(11-9-13)14-6-4-3-5-7-14/h8-11,14H,3-7,12H2,1-2H3,(H,17,19). The third-order valence-corrected chi connectivity index (χ3v) is 3.77. The van der Waals surface area contributed by atoms with E-state index in [9.17, 15) is 4.79 Å². The largest absolute Gasteiger partial charge is 0.289 e. The fourth-order valence-corrected chi connectivity index (χ4v) is 2.82. The summed E-state index contributed by atoms with van der Waals surface area (Å²) in [6.45, 7) is 0. The monoisotopic (exact) mass is 260 g/mol. The van der Waals surface area contributed by atoms with Gasteiger partial charge < -0.3 is 0 Å². The van der Waals surface area contributed by atoms with Gasteiger partial charge in [-0.1, -0.05) is 43.5 Å². The molecule has 1 aliphatic rings. The Morgan fingerprint density at radius 3 is 2.37 bits per heavy atom. The molecule has 0 spiro atoms. The number of benzene rings is 1. The molecular weight excluding hydrogens is 236 g/mol. The van der Waals surface area contributed by atoms with Crippen molar-refractivity contribution < 1.29 is 4.79 Å². The van der Waals surface area contributed by atoms with Gasteiger partial charge in [-0.3, -0.25) is 10.2 Å². The lowest BCUT2D eigenvalue weighted by Crippen LogP contribution is -2.37. The van der Waals surface area contributed by atoms with Crippen LogP contribution in [0.3, 0.4) is 0 Å². The molecule has 19 heavy (non-hydrogen) atoms. The van der Waals surface area contributed by atoms with Crippen molar-refractivity contribution >= 4 is 5.91 Å². The van der Waals surface area contributed by atoms with E-state index in [4.69, 9.17) is 0 Å². The van der Waals surface area contributed by atoms with Crippen molar-refractivity contribution in [1.82, 2.24) is 10.4 Å². The van der Waals surface area contributed by atoms with Crippen LogP contribution in [0.1, 0.15) is 49.1 Å². The molecule has 1 amide bonds. The lowest BCUT2D eigenvalue weighted by atomic mass is 9.84. The summed E-state index contributed by atoms with van der Waals surface area (Å²) in [6.07, 6.45) is 7.19. The minimum absolute atomic E-state index is 0.0374. The molecule has 0 unspecified atom stereocenters. The van der Waals surface area contributed by atoms with Gasteiger partial charge in [-0.25, -0.2) is 5.01 Å². The number of carbonyl (C=O) groups is 1. The highest BCUT2D eigenvalue weighted by molar-refractivity contribution is 5.78. The molecule has 0 atom stereocenters. The van der Waals surface area contributed by atoms with Crippen LogP contribution in [0.5, 0.6) is 0 Å². The third kappa shape index (κ3) is 4.35. The average molecular weight is 260 g/mol. The molecule has 0 bridgehead atoms. The Morgan fingerprint density at radius 2 is 1.79 bits per heavy atom. The summed E-state index contributed by atoms with van der Waals surface area (Å²) < 4.78 is 0. The highest BCUT2D eigenvalue weighted by Crippen LogP contribution is 2.32. The first-order chi connectivity index (χ1) is 9.15. The lowest BCUT2D eigenvalue weighted by molar-refractivity contribution is -0.124. The van der Waals surface area contributed by atoms with Gasteiger partial charge in [-0.2, -0.15) is 0 Å². The second-order valence-corrected chi connectivity index (χ2v) is 5.68. The first-order valence-electron chi connectivity index (χ1n) is 7.21. The molecular formula is C16H24N2O. The molecule has 1 fully saturated rings. The first-order valence-corrected chi connectivity index (χ1v) is 7.21. The molecule has 1 aliphatic carbocycles. The molecule has 0 aliphatic heterocycles. The number of carbonyl (C=O) groups excluding carboxylic acids is 1. The van der Waals surface area contributed by atoms with Gasteiger partial charge in [0.05, 0.1) is 6.42 Å². The third-order valence-electron chi connectivity index (χ3n) is 3.77. The van der Waals surface area contributed by atoms with E-state index in [0.29, 0.717) is 6.42 Å². The van der Waals surface area contributed by atoms with Gasteiger partial charge in [-0.05, 0) is 29.9 Å². The van der Waals surface area contributed by atoms with Crippen LogP contribution in [0.25, 0.3) is 0 Å². The van der Waals surface area contributed by atoms with Crippen molar-refractivity contribution in [2.24, 2.45) is 0 Å². The summed E-state index contributed by atoms with van der Waals surface area (Å²) in [4.78, 5) is 11.7. The van der Waals surface area contributed by atoms with Gasteiger partial charge in [0.25, 0.3) is 0 Å². The van der Waals surface area contributed by atoms with Gasteiger partial charge in [0.2, 0.25) is 5.91 Å². The first kappa shape index (κ1) is 14.1. The van der Waals surface area contributed by atoms with Crippen molar-refractivity contribution in [3.05, 3.63) is 35.4 Å². The molecule has 0 radical (unpaired) electrons. The molecule has 1 saturated carbocycles. The fourth-order valence-electron chi connectivity index (χ4n) is 2.82. The summed E-state index contributed by atoms with van der Waals surface area (Å²) in [5.74, 6) is 0.772. The van der Waals surface area contributed by atoms with E-state index in [-0.39, 0.29) is 5.91 Å². The summed E-state index contributed by atoms with van der Waals surface area (Å²) in [6, 6.07) is 8.60. The van der Waals surface area contributed by atoms with Crippen LogP contribution in [0.4, 0.5) is 0 Å². The zero-order valence-electron chi connectivity index (χ0n) is 12.0. The minimum atomic E-state index is 0.0374. The molecule has 1 N–H and O–H groups in total. The van der Waals surface area contributed by atoms with E-state index in [1.165, 1.54) is 37.7 Å². The topological polar surface area (TPSA) is 32.3 Å². The second-order valence-electron chi connectivity index (χ2n) is 5.68. The number of hydrazine groups is 1. The van der Waals surface area contributed by atoms with E-state index in [2.05, 4.69) is 29.7 Å². The maximum atomic E-state index is 11.7. The van der Waals surface area contributed by atoms with E-state index in [0.717, 1.165) is 11.5 Å². The van der Waals surface area contributed by atoms with Crippen LogP contribution in [0.15, 0.2) is 24.3 Å². The van der Waals surface area contributed by atoms with Crippen LogP contribution in [-0.2, 0) is 11.2 Å². The predicted molar refractivity (Wildman–Crippen MR) is 77.8 cm³/mol. The van der Waals surface area contributed by atoms with Crippen LogP contribution >= 0.6 is 0 Å². The predicted octanol–water partition coefficient (Wildman–Crippen LogP) is 2.87. The number of amides is 1. The van der Waals surface area contributed by atoms with E-state index >= 15 is 0 Å². The Morgan fingerprint density at radius 1 is 1.16 bits per heavy atom. The van der Waals surface area contributed by atoms with Crippen LogP contribution in [0, 0.1) is 0 Å². The zero-order valence-corrected chi connectivity index (χ0v) is 12.0. The highest BCUT2D eigenvalue weighted by Gasteiger charge is 2.15. The summed E-state index contributed by atoms with van der Waals surface area (Å²) >= 11 is 0. The van der Waals surface area contributed by atoms with Gasteiger partial charge in [0, 0.05) is 14.1 Å². The van der Waals surface area contributed by atoms with Crippen LogP contribution in [-0.4, -0.2) is 25.0 Å². The van der Waals surface area contributed by atoms with Crippen molar-refractivity contribution in [1.29, 1.82) is 0 Å². The van der Waals surface area contributed by atoms with E-state index in [1.54, 1.807) is 5.01 Å². The Labute approximate surface area is 116 Å². The molecule has 0 aromatic heterocycles. The van der Waals surface area contributed by atoms with Gasteiger partial charge in [0.15, 0.2) is 0 Å². The zero-order chi connectivity index (χ0) is 13.7. The number of nitrogens with zero attached hydrogens (tertiary/aromatic N) is 1. The van der Waals surface area contributed by atoms with Gasteiger partial charge >= 0.3 is 0 Å². The Hall–Kier alpha value is -1.35. The van der Waals surface area contributed by atoms with Crippen LogP contribution < -0.4 is 5.43 Å². The Kier molecular flexibility index (Phi) is 4.97. The van der Waals surface area contributed by atoms with Gasteiger partial charge in [0.1, 0.15) is 0 Å². The number of nitrogens with one attached hydrogen (secondary N) is 1. The number of rotatable bonds is 4. The van der Waals surface area contributed by atoms with E-state index in [1.807, 2.05) is 14.1 Å². The molecule has 0 heterocycles. The normalized spacial score (nSPS) is 16.6. The summed E-state index contributed by atoms with van der Waals surface area (Å²) in [5, 5.41) is 1.68. The Bertz CT molecular complexity index is 405.